The number of hydrogen-bond donors (Lipinski definition) is 2. The van der Waals surface area contributed by atoms with E-state index < -0.39 is 5.54 Å². The number of carbonyl (C=O) groups is 1. The maximum atomic E-state index is 12.2. The van der Waals surface area contributed by atoms with Crippen LogP contribution in [0.25, 0.3) is 0 Å². The molecule has 2 aromatic rings. The zero-order valence-corrected chi connectivity index (χ0v) is 12.8. The molecule has 1 amide bonds. The first-order valence-corrected chi connectivity index (χ1v) is 7.20. The Morgan fingerprint density at radius 2 is 1.76 bits per heavy atom. The number of hydrogen-bond acceptors (Lipinski definition) is 2. The summed E-state index contributed by atoms with van der Waals surface area (Å²) >= 11 is 0. The minimum atomic E-state index is -0.887. The lowest BCUT2D eigenvalue weighted by Crippen LogP contribution is -2.47. The molecule has 3 heteroatoms. The number of carbonyl (C=O) groups excluding carboxylic acids is 1. The van der Waals surface area contributed by atoms with Gasteiger partial charge in [-0.2, -0.15) is 0 Å². The Labute approximate surface area is 126 Å². The van der Waals surface area contributed by atoms with E-state index in [1.165, 1.54) is 0 Å². The van der Waals surface area contributed by atoms with Crippen molar-refractivity contribution in [2.24, 2.45) is 5.73 Å². The molecule has 110 valence electrons. The Morgan fingerprint density at radius 3 is 2.29 bits per heavy atom. The fourth-order valence-corrected chi connectivity index (χ4v) is 2.55. The fourth-order valence-electron chi connectivity index (χ4n) is 2.55. The molecule has 0 heterocycles. The highest BCUT2D eigenvalue weighted by atomic mass is 16.1. The molecule has 0 aliphatic heterocycles. The summed E-state index contributed by atoms with van der Waals surface area (Å²) in [5.74, 6) is -0.365. The van der Waals surface area contributed by atoms with E-state index >= 15 is 0 Å². The second kappa shape index (κ2) is 6.00. The third kappa shape index (κ3) is 3.07. The van der Waals surface area contributed by atoms with Gasteiger partial charge in [0.15, 0.2) is 0 Å². The largest absolute Gasteiger partial charge is 0.368 e. The van der Waals surface area contributed by atoms with E-state index in [0.29, 0.717) is 6.42 Å². The van der Waals surface area contributed by atoms with Gasteiger partial charge in [-0.25, -0.2) is 0 Å². The van der Waals surface area contributed by atoms with Crippen LogP contribution < -0.4 is 11.1 Å². The lowest BCUT2D eigenvalue weighted by atomic mass is 9.85. The average molecular weight is 282 g/mol. The van der Waals surface area contributed by atoms with E-state index in [0.717, 1.165) is 22.4 Å². The summed E-state index contributed by atoms with van der Waals surface area (Å²) < 4.78 is 0. The van der Waals surface area contributed by atoms with Gasteiger partial charge < -0.3 is 11.1 Å². The second-order valence-electron chi connectivity index (χ2n) is 5.48. The SMILES string of the molecule is CCC(Nc1cccc(C)c1)(C(N)=O)c1ccc(C)cc1. The highest BCUT2D eigenvalue weighted by molar-refractivity contribution is 5.89. The summed E-state index contributed by atoms with van der Waals surface area (Å²) in [7, 11) is 0. The van der Waals surface area contributed by atoms with Gasteiger partial charge in [-0.1, -0.05) is 48.9 Å². The first kappa shape index (κ1) is 15.1. The molecule has 0 bridgehead atoms. The summed E-state index contributed by atoms with van der Waals surface area (Å²) in [6, 6.07) is 15.9. The highest BCUT2D eigenvalue weighted by Crippen LogP contribution is 2.30. The molecule has 0 aliphatic carbocycles. The fraction of sp³-hybridized carbons (Fsp3) is 0.278. The molecule has 0 fully saturated rings. The summed E-state index contributed by atoms with van der Waals surface area (Å²) in [5.41, 5.74) is 8.94. The van der Waals surface area contributed by atoms with Crippen LogP contribution in [0.4, 0.5) is 5.69 Å². The standard InChI is InChI=1S/C18H22N2O/c1-4-18(17(19)21,15-10-8-13(2)9-11-15)20-16-7-5-6-14(3)12-16/h5-12,20H,4H2,1-3H3,(H2,19,21). The topological polar surface area (TPSA) is 55.1 Å². The number of rotatable bonds is 5. The number of nitrogens with one attached hydrogen (secondary N) is 1. The van der Waals surface area contributed by atoms with Crippen LogP contribution in [0.15, 0.2) is 48.5 Å². The molecule has 3 N–H and O–H groups in total. The quantitative estimate of drug-likeness (QED) is 0.881. The molecule has 0 aliphatic rings. The van der Waals surface area contributed by atoms with Crippen molar-refractivity contribution in [3.63, 3.8) is 0 Å². The molecule has 1 unspecified atom stereocenters. The lowest BCUT2D eigenvalue weighted by molar-refractivity contribution is -0.122. The number of amides is 1. The Bertz CT molecular complexity index is 634. The first-order valence-electron chi connectivity index (χ1n) is 7.20. The normalized spacial score (nSPS) is 13.5. The predicted octanol–water partition coefficient (Wildman–Crippen LogP) is 3.51. The van der Waals surface area contributed by atoms with E-state index in [1.807, 2.05) is 69.3 Å². The van der Waals surface area contributed by atoms with E-state index in [2.05, 4.69) is 5.32 Å². The van der Waals surface area contributed by atoms with Crippen molar-refractivity contribution in [1.82, 2.24) is 0 Å². The Balaban J connectivity index is 2.46. The zero-order chi connectivity index (χ0) is 15.5. The Kier molecular flexibility index (Phi) is 4.32. The second-order valence-corrected chi connectivity index (χ2v) is 5.48. The summed E-state index contributed by atoms with van der Waals surface area (Å²) in [4.78, 5) is 12.2. The average Bonchev–Trinajstić information content (AvgIpc) is 2.45. The molecule has 3 nitrogen and oxygen atoms in total. The molecule has 2 aromatic carbocycles. The Hall–Kier alpha value is -2.29. The van der Waals surface area contributed by atoms with Crippen LogP contribution in [-0.2, 0) is 10.3 Å². The minimum absolute atomic E-state index is 0.365. The van der Waals surface area contributed by atoms with Crippen molar-refractivity contribution in [2.75, 3.05) is 5.32 Å². The third-order valence-corrected chi connectivity index (χ3v) is 3.87. The molecule has 0 saturated carbocycles. The molecule has 21 heavy (non-hydrogen) atoms. The zero-order valence-electron chi connectivity index (χ0n) is 12.8. The lowest BCUT2D eigenvalue weighted by Gasteiger charge is -2.32. The first-order chi connectivity index (χ1) is 9.98. The van der Waals surface area contributed by atoms with Gasteiger partial charge in [0, 0.05) is 5.69 Å². The van der Waals surface area contributed by atoms with Gasteiger partial charge >= 0.3 is 0 Å². The van der Waals surface area contributed by atoms with Crippen molar-refractivity contribution in [3.8, 4) is 0 Å². The minimum Gasteiger partial charge on any atom is -0.368 e. The monoisotopic (exact) mass is 282 g/mol. The van der Waals surface area contributed by atoms with Gasteiger partial charge in [0.05, 0.1) is 0 Å². The van der Waals surface area contributed by atoms with E-state index in [9.17, 15) is 4.79 Å². The molecule has 2 rings (SSSR count). The van der Waals surface area contributed by atoms with Crippen molar-refractivity contribution in [2.45, 2.75) is 32.7 Å². The third-order valence-electron chi connectivity index (χ3n) is 3.87. The number of benzene rings is 2. The van der Waals surface area contributed by atoms with Crippen molar-refractivity contribution in [3.05, 3.63) is 65.2 Å². The summed E-state index contributed by atoms with van der Waals surface area (Å²) in [5, 5.41) is 3.34. The number of anilines is 1. The summed E-state index contributed by atoms with van der Waals surface area (Å²) in [6.45, 7) is 6.01. The molecular weight excluding hydrogens is 260 g/mol. The van der Waals surface area contributed by atoms with Gasteiger partial charge in [0.2, 0.25) is 5.91 Å². The van der Waals surface area contributed by atoms with Crippen LogP contribution in [-0.4, -0.2) is 5.91 Å². The van der Waals surface area contributed by atoms with Crippen LogP contribution in [0, 0.1) is 13.8 Å². The van der Waals surface area contributed by atoms with Crippen molar-refractivity contribution >= 4 is 11.6 Å². The molecule has 0 aromatic heterocycles. The van der Waals surface area contributed by atoms with Crippen molar-refractivity contribution in [1.29, 1.82) is 0 Å². The molecule has 0 saturated heterocycles. The van der Waals surface area contributed by atoms with E-state index in [-0.39, 0.29) is 5.91 Å². The number of nitrogens with two attached hydrogens (primary N) is 1. The number of aryl methyl sites for hydroxylation is 2. The molecule has 0 spiro atoms. The molecule has 1 atom stereocenters. The van der Waals surface area contributed by atoms with Crippen LogP contribution in [0.2, 0.25) is 0 Å². The summed E-state index contributed by atoms with van der Waals surface area (Å²) in [6.07, 6.45) is 0.583. The van der Waals surface area contributed by atoms with Crippen LogP contribution in [0.3, 0.4) is 0 Å². The van der Waals surface area contributed by atoms with Crippen LogP contribution >= 0.6 is 0 Å². The van der Waals surface area contributed by atoms with Gasteiger partial charge in [0.25, 0.3) is 0 Å². The van der Waals surface area contributed by atoms with E-state index in [4.69, 9.17) is 5.73 Å². The smallest absolute Gasteiger partial charge is 0.247 e. The Morgan fingerprint density at radius 1 is 1.10 bits per heavy atom. The molecular formula is C18H22N2O. The van der Waals surface area contributed by atoms with Gasteiger partial charge in [0.1, 0.15) is 5.54 Å². The van der Waals surface area contributed by atoms with E-state index in [1.54, 1.807) is 0 Å². The maximum Gasteiger partial charge on any atom is 0.247 e. The van der Waals surface area contributed by atoms with Gasteiger partial charge in [-0.15, -0.1) is 0 Å². The van der Waals surface area contributed by atoms with Crippen LogP contribution in [0.1, 0.15) is 30.0 Å². The van der Waals surface area contributed by atoms with Gasteiger partial charge in [-0.3, -0.25) is 4.79 Å². The van der Waals surface area contributed by atoms with Crippen LogP contribution in [0.5, 0.6) is 0 Å². The van der Waals surface area contributed by atoms with Crippen molar-refractivity contribution < 1.29 is 4.79 Å². The maximum absolute atomic E-state index is 12.2. The van der Waals surface area contributed by atoms with Gasteiger partial charge in [-0.05, 0) is 43.5 Å². The number of primary amides is 1. The predicted molar refractivity (Wildman–Crippen MR) is 87.1 cm³/mol. The highest BCUT2D eigenvalue weighted by Gasteiger charge is 2.36. The molecule has 0 radical (unpaired) electrons.